The number of nitrogens with two attached hydrogens (primary N) is 1. The molecule has 1 aliphatic rings. The molecule has 11 nitrogen and oxygen atoms in total. The smallest absolute Gasteiger partial charge is 0.355 e. The van der Waals surface area contributed by atoms with Gasteiger partial charge in [0.2, 0.25) is 0 Å². The van der Waals surface area contributed by atoms with Crippen LogP contribution in [0.25, 0.3) is 0 Å². The van der Waals surface area contributed by atoms with Gasteiger partial charge in [-0.2, -0.15) is 5.26 Å². The van der Waals surface area contributed by atoms with Gasteiger partial charge in [-0.15, -0.1) is 0 Å². The molecule has 1 unspecified atom stereocenters. The first kappa shape index (κ1) is 26.5. The second-order valence-electron chi connectivity index (χ2n) is 7.76. The van der Waals surface area contributed by atoms with Crippen molar-refractivity contribution in [3.05, 3.63) is 87.9 Å². The van der Waals surface area contributed by atoms with Gasteiger partial charge < -0.3 is 25.8 Å². The molecule has 190 valence electrons. The number of nitriles is 1. The lowest BCUT2D eigenvalue weighted by atomic mass is 9.81. The minimum absolute atomic E-state index is 0.0499. The van der Waals surface area contributed by atoms with E-state index in [-0.39, 0.29) is 39.5 Å². The summed E-state index contributed by atoms with van der Waals surface area (Å²) in [4.78, 5) is 52.5. The van der Waals surface area contributed by atoms with Crippen LogP contribution in [0, 0.1) is 11.3 Å². The van der Waals surface area contributed by atoms with E-state index in [0.717, 1.165) is 19.1 Å². The summed E-state index contributed by atoms with van der Waals surface area (Å²) in [5.41, 5.74) is 6.63. The van der Waals surface area contributed by atoms with E-state index in [0.29, 0.717) is 5.56 Å². The van der Waals surface area contributed by atoms with E-state index >= 15 is 0 Å². The fourth-order valence-corrected chi connectivity index (χ4v) is 4.07. The van der Waals surface area contributed by atoms with E-state index < -0.39 is 29.7 Å². The van der Waals surface area contributed by atoms with Crippen LogP contribution in [0.15, 0.2) is 71.2 Å². The van der Waals surface area contributed by atoms with Crippen molar-refractivity contribution >= 4 is 29.4 Å². The second kappa shape index (κ2) is 11.1. The maximum atomic E-state index is 13.2. The highest BCUT2D eigenvalue weighted by molar-refractivity contribution is 6.07. The Hall–Kier alpha value is -5.11. The fraction of sp³-hybridized carbons (Fsp3) is 0.192. The Morgan fingerprint density at radius 2 is 1.46 bits per heavy atom. The number of carbonyl (C=O) groups excluding carboxylic acids is 4. The topological polar surface area (TPSA) is 164 Å². The summed E-state index contributed by atoms with van der Waals surface area (Å²) >= 11 is 0. The lowest BCUT2D eigenvalue weighted by Gasteiger charge is -2.36. The third kappa shape index (κ3) is 4.85. The van der Waals surface area contributed by atoms with Crippen LogP contribution in [0.4, 0.5) is 5.69 Å². The molecule has 0 saturated heterocycles. The molecule has 0 spiro atoms. The minimum atomic E-state index is -1.05. The van der Waals surface area contributed by atoms with Crippen LogP contribution in [0.1, 0.15) is 32.2 Å². The maximum Gasteiger partial charge on any atom is 0.355 e. The Labute approximate surface area is 213 Å². The number of benzene rings is 2. The van der Waals surface area contributed by atoms with E-state index in [4.69, 9.17) is 15.2 Å². The Kier molecular flexibility index (Phi) is 7.94. The number of ether oxygens (including phenoxy) is 2. The monoisotopic (exact) mass is 503 g/mol. The zero-order valence-electron chi connectivity index (χ0n) is 20.6. The van der Waals surface area contributed by atoms with Gasteiger partial charge in [-0.3, -0.25) is 14.5 Å². The molecule has 0 radical (unpaired) electrons. The molecular weight excluding hydrogens is 478 g/mol. The van der Waals surface area contributed by atoms with Crippen molar-refractivity contribution in [2.45, 2.75) is 5.92 Å². The average molecular weight is 504 g/mol. The summed E-state index contributed by atoms with van der Waals surface area (Å²) in [6.07, 6.45) is 0. The van der Waals surface area contributed by atoms with Crippen LogP contribution in [-0.2, 0) is 19.1 Å². The molecule has 3 rings (SSSR count). The number of carbonyl (C=O) groups is 4. The molecular formula is C26H25N5O6. The molecule has 1 heterocycles. The zero-order valence-corrected chi connectivity index (χ0v) is 20.6. The Balaban J connectivity index is 2.46. The van der Waals surface area contributed by atoms with Gasteiger partial charge in [0.1, 0.15) is 11.5 Å². The van der Waals surface area contributed by atoms with Crippen LogP contribution >= 0.6 is 0 Å². The third-order valence-electron chi connectivity index (χ3n) is 5.76. The van der Waals surface area contributed by atoms with E-state index in [1.54, 1.807) is 30.3 Å². The van der Waals surface area contributed by atoms with Gasteiger partial charge in [0.25, 0.3) is 11.8 Å². The number of nitrogens with zero attached hydrogens (tertiary/aromatic N) is 2. The minimum Gasteiger partial charge on any atom is -0.466 e. The molecule has 4 N–H and O–H groups in total. The predicted molar refractivity (Wildman–Crippen MR) is 133 cm³/mol. The van der Waals surface area contributed by atoms with Gasteiger partial charge >= 0.3 is 11.9 Å². The molecule has 2 aromatic carbocycles. The summed E-state index contributed by atoms with van der Waals surface area (Å²) in [6, 6.07) is 14.7. The molecule has 11 heteroatoms. The Bertz CT molecular complexity index is 1340. The number of amides is 2. The molecule has 1 atom stereocenters. The number of allylic oxidation sites excluding steroid dienone is 1. The molecule has 2 amide bonds. The SMILES string of the molecule is CNC(=O)c1cc(C(=O)NC)cc(N2C(N)=C(C#N)C(c3ccccc3)C(C(=O)OC)=C2C(=O)OC)c1. The van der Waals surface area contributed by atoms with Crippen LogP contribution in [-0.4, -0.2) is 52.1 Å². The van der Waals surface area contributed by atoms with Gasteiger partial charge in [-0.1, -0.05) is 30.3 Å². The number of methoxy groups -OCH3 is 2. The highest BCUT2D eigenvalue weighted by atomic mass is 16.5. The number of nitrogens with one attached hydrogen (secondary N) is 2. The molecule has 0 fully saturated rings. The number of hydrogen-bond donors (Lipinski definition) is 3. The molecule has 37 heavy (non-hydrogen) atoms. The summed E-state index contributed by atoms with van der Waals surface area (Å²) in [5.74, 6) is -4.13. The van der Waals surface area contributed by atoms with E-state index in [1.807, 2.05) is 6.07 Å². The second-order valence-corrected chi connectivity index (χ2v) is 7.76. The first-order valence-corrected chi connectivity index (χ1v) is 11.0. The molecule has 0 aliphatic carbocycles. The number of anilines is 1. The van der Waals surface area contributed by atoms with E-state index in [9.17, 15) is 24.4 Å². The summed E-state index contributed by atoms with van der Waals surface area (Å²) in [6.45, 7) is 0. The molecule has 0 saturated carbocycles. The fourth-order valence-electron chi connectivity index (χ4n) is 4.07. The van der Waals surface area contributed by atoms with Gasteiger partial charge in [-0.25, -0.2) is 9.59 Å². The molecule has 0 aromatic heterocycles. The van der Waals surface area contributed by atoms with Crippen molar-refractivity contribution in [1.29, 1.82) is 5.26 Å². The Morgan fingerprint density at radius 3 is 1.92 bits per heavy atom. The van der Waals surface area contributed by atoms with Gasteiger partial charge in [0.15, 0.2) is 0 Å². The first-order valence-electron chi connectivity index (χ1n) is 11.0. The zero-order chi connectivity index (χ0) is 27.3. The van der Waals surface area contributed by atoms with Crippen LogP contribution < -0.4 is 21.3 Å². The molecule has 0 bridgehead atoms. The first-order chi connectivity index (χ1) is 17.7. The average Bonchev–Trinajstić information content (AvgIpc) is 2.94. The van der Waals surface area contributed by atoms with Crippen molar-refractivity contribution in [2.24, 2.45) is 5.73 Å². The third-order valence-corrected chi connectivity index (χ3v) is 5.76. The molecule has 2 aromatic rings. The maximum absolute atomic E-state index is 13.2. The van der Waals surface area contributed by atoms with Gasteiger partial charge in [-0.05, 0) is 23.8 Å². The number of rotatable bonds is 6. The van der Waals surface area contributed by atoms with Crippen LogP contribution in [0.5, 0.6) is 0 Å². The highest BCUT2D eigenvalue weighted by Gasteiger charge is 2.43. The summed E-state index contributed by atoms with van der Waals surface area (Å²) in [5, 5.41) is 15.1. The number of hydrogen-bond acceptors (Lipinski definition) is 9. The van der Waals surface area contributed by atoms with Crippen LogP contribution in [0.3, 0.4) is 0 Å². The lowest BCUT2D eigenvalue weighted by Crippen LogP contribution is -2.41. The van der Waals surface area contributed by atoms with E-state index in [1.165, 1.54) is 32.3 Å². The van der Waals surface area contributed by atoms with Gasteiger partial charge in [0, 0.05) is 30.9 Å². The summed E-state index contributed by atoms with van der Waals surface area (Å²) in [7, 11) is 5.09. The normalized spacial score (nSPS) is 15.0. The molecule has 1 aliphatic heterocycles. The van der Waals surface area contributed by atoms with E-state index in [2.05, 4.69) is 10.6 Å². The Morgan fingerprint density at radius 1 is 0.919 bits per heavy atom. The van der Waals surface area contributed by atoms with Crippen molar-refractivity contribution < 1.29 is 28.7 Å². The van der Waals surface area contributed by atoms with Crippen molar-refractivity contribution in [3.63, 3.8) is 0 Å². The largest absolute Gasteiger partial charge is 0.466 e. The predicted octanol–water partition coefficient (Wildman–Crippen LogP) is 1.30. The van der Waals surface area contributed by atoms with Crippen molar-refractivity contribution in [1.82, 2.24) is 10.6 Å². The van der Waals surface area contributed by atoms with Crippen molar-refractivity contribution in [3.8, 4) is 6.07 Å². The highest BCUT2D eigenvalue weighted by Crippen LogP contribution is 2.43. The lowest BCUT2D eigenvalue weighted by molar-refractivity contribution is -0.139. The quantitative estimate of drug-likeness (QED) is 0.493. The van der Waals surface area contributed by atoms with Crippen molar-refractivity contribution in [2.75, 3.05) is 33.2 Å². The van der Waals surface area contributed by atoms with Gasteiger partial charge in [0.05, 0.1) is 37.4 Å². The standard InChI is InChI=1S/C26H25N5O6/c1-29-23(32)15-10-16(24(33)30-2)12-17(11-15)31-21(26(35)37-4)20(25(34)36-3)19(18(13-27)22(31)28)14-8-6-5-7-9-14/h5-12,19H,28H2,1-4H3,(H,29,32)(H,30,33). The summed E-state index contributed by atoms with van der Waals surface area (Å²) < 4.78 is 10.0. The number of esters is 2. The van der Waals surface area contributed by atoms with Crippen LogP contribution in [0.2, 0.25) is 0 Å².